The highest BCUT2D eigenvalue weighted by atomic mass is 35.5. The van der Waals surface area contributed by atoms with Gasteiger partial charge in [-0.1, -0.05) is 48.0 Å². The van der Waals surface area contributed by atoms with E-state index in [1.54, 1.807) is 31.4 Å². The van der Waals surface area contributed by atoms with Crippen molar-refractivity contribution >= 4 is 34.6 Å². The van der Waals surface area contributed by atoms with Crippen molar-refractivity contribution in [1.82, 2.24) is 14.9 Å². The van der Waals surface area contributed by atoms with Gasteiger partial charge in [0, 0.05) is 30.1 Å². The fourth-order valence-corrected chi connectivity index (χ4v) is 4.44. The summed E-state index contributed by atoms with van der Waals surface area (Å²) in [5, 5.41) is 3.52. The van der Waals surface area contributed by atoms with Gasteiger partial charge >= 0.3 is 0 Å². The number of carbonyl (C=O) groups excluding carboxylic acids is 1. The van der Waals surface area contributed by atoms with E-state index in [0.29, 0.717) is 23.7 Å². The molecule has 0 atom stereocenters. The van der Waals surface area contributed by atoms with E-state index in [1.807, 2.05) is 55.5 Å². The molecule has 7 heteroatoms. The van der Waals surface area contributed by atoms with Gasteiger partial charge in [-0.2, -0.15) is 0 Å². The number of fused-ring (bicyclic) bond motifs is 1. The van der Waals surface area contributed by atoms with E-state index in [1.165, 1.54) is 0 Å². The molecule has 0 bridgehead atoms. The number of methoxy groups -OCH3 is 1. The number of ether oxygens (including phenoxy) is 2. The summed E-state index contributed by atoms with van der Waals surface area (Å²) in [5.74, 6) is 2.35. The number of hydrogen-bond acceptors (Lipinski definition) is 4. The maximum Gasteiger partial charge on any atom is 0.251 e. The molecule has 192 valence electrons. The number of rotatable bonds is 12. The van der Waals surface area contributed by atoms with Crippen LogP contribution in [0.2, 0.25) is 5.02 Å². The lowest BCUT2D eigenvalue weighted by atomic mass is 10.2. The van der Waals surface area contributed by atoms with Gasteiger partial charge in [0.1, 0.15) is 5.82 Å². The Morgan fingerprint density at radius 1 is 1.05 bits per heavy atom. The van der Waals surface area contributed by atoms with Crippen LogP contribution in [0.25, 0.3) is 17.1 Å². The van der Waals surface area contributed by atoms with Crippen LogP contribution < -0.4 is 14.8 Å². The van der Waals surface area contributed by atoms with E-state index in [-0.39, 0.29) is 5.91 Å². The Balaban J connectivity index is 1.34. The predicted octanol–water partition coefficient (Wildman–Crippen LogP) is 6.56. The van der Waals surface area contributed by atoms with Gasteiger partial charge < -0.3 is 19.4 Å². The number of hydrogen-bond donors (Lipinski definition) is 1. The largest absolute Gasteiger partial charge is 0.493 e. The van der Waals surface area contributed by atoms with Crippen LogP contribution in [0.5, 0.6) is 11.5 Å². The highest BCUT2D eigenvalue weighted by Gasteiger charge is 2.12. The number of allylic oxidation sites excluding steroid dienone is 1. The normalized spacial score (nSPS) is 11.2. The van der Waals surface area contributed by atoms with Gasteiger partial charge in [0.15, 0.2) is 11.5 Å². The van der Waals surface area contributed by atoms with Gasteiger partial charge in [-0.25, -0.2) is 4.98 Å². The Labute approximate surface area is 222 Å². The third kappa shape index (κ3) is 6.92. The molecule has 4 rings (SSSR count). The second kappa shape index (κ2) is 13.0. The molecule has 37 heavy (non-hydrogen) atoms. The first-order valence-electron chi connectivity index (χ1n) is 12.5. The zero-order valence-electron chi connectivity index (χ0n) is 21.2. The quantitative estimate of drug-likeness (QED) is 0.216. The number of nitrogens with one attached hydrogen (secondary N) is 1. The summed E-state index contributed by atoms with van der Waals surface area (Å²) < 4.78 is 13.8. The smallest absolute Gasteiger partial charge is 0.251 e. The van der Waals surface area contributed by atoms with Crippen molar-refractivity contribution in [3.63, 3.8) is 0 Å². The summed E-state index contributed by atoms with van der Waals surface area (Å²) >= 11 is 6.00. The van der Waals surface area contributed by atoms with Crippen molar-refractivity contribution in [2.75, 3.05) is 20.3 Å². The van der Waals surface area contributed by atoms with Crippen LogP contribution in [0.15, 0.2) is 72.8 Å². The average Bonchev–Trinajstić information content (AvgIpc) is 3.27. The zero-order chi connectivity index (χ0) is 26.0. The lowest BCUT2D eigenvalue weighted by Crippen LogP contribution is -2.25. The topological polar surface area (TPSA) is 65.4 Å². The number of amides is 1. The molecule has 0 saturated heterocycles. The number of carbonyl (C=O) groups is 1. The average molecular weight is 518 g/mol. The molecule has 0 aliphatic heterocycles. The van der Waals surface area contributed by atoms with Crippen molar-refractivity contribution in [1.29, 1.82) is 0 Å². The van der Waals surface area contributed by atoms with Crippen LogP contribution in [0.3, 0.4) is 0 Å². The Kier molecular flexibility index (Phi) is 9.22. The first kappa shape index (κ1) is 26.3. The zero-order valence-corrected chi connectivity index (χ0v) is 22.0. The molecule has 1 amide bonds. The van der Waals surface area contributed by atoms with Crippen molar-refractivity contribution in [3.8, 4) is 11.5 Å². The highest BCUT2D eigenvalue weighted by molar-refractivity contribution is 6.30. The lowest BCUT2D eigenvalue weighted by Gasteiger charge is -2.13. The SMILES string of the molecule is C/C=C/c1ccc(OCCCn2c(CCCNC(=O)c3cccc(Cl)c3)nc3ccccc32)c(OC)c1. The number of halogens is 1. The third-order valence-corrected chi connectivity index (χ3v) is 6.25. The standard InChI is InChI=1S/C30H32ClN3O3/c1-3-9-22-15-16-27(28(20-22)36-2)37-19-8-18-34-26-13-5-4-12-25(26)33-29(34)14-7-17-32-30(35)23-10-6-11-24(31)21-23/h3-6,9-13,15-16,20-21H,7-8,14,17-19H2,1-2H3,(H,32,35)/b9-3+. The number of imidazole rings is 1. The van der Waals surface area contributed by atoms with E-state index in [9.17, 15) is 4.79 Å². The van der Waals surface area contributed by atoms with E-state index in [2.05, 4.69) is 16.0 Å². The molecule has 0 unspecified atom stereocenters. The first-order valence-corrected chi connectivity index (χ1v) is 12.9. The minimum absolute atomic E-state index is 0.123. The maximum absolute atomic E-state index is 12.4. The van der Waals surface area contributed by atoms with Crippen molar-refractivity contribution < 1.29 is 14.3 Å². The van der Waals surface area contributed by atoms with Crippen LogP contribution in [0, 0.1) is 0 Å². The molecule has 0 aliphatic carbocycles. The van der Waals surface area contributed by atoms with E-state index >= 15 is 0 Å². The van der Waals surface area contributed by atoms with E-state index < -0.39 is 0 Å². The van der Waals surface area contributed by atoms with Crippen molar-refractivity contribution in [2.24, 2.45) is 0 Å². The Hall–Kier alpha value is -3.77. The molecule has 1 aromatic heterocycles. The summed E-state index contributed by atoms with van der Waals surface area (Å²) in [5.41, 5.74) is 3.72. The number of benzene rings is 3. The Morgan fingerprint density at radius 2 is 1.92 bits per heavy atom. The summed E-state index contributed by atoms with van der Waals surface area (Å²) in [6.45, 7) is 3.88. The molecule has 1 N–H and O–H groups in total. The lowest BCUT2D eigenvalue weighted by molar-refractivity contribution is 0.0953. The fourth-order valence-electron chi connectivity index (χ4n) is 4.25. The Bertz CT molecular complexity index is 1380. The molecule has 4 aromatic rings. The van der Waals surface area contributed by atoms with Crippen LogP contribution in [0.4, 0.5) is 0 Å². The van der Waals surface area contributed by atoms with Gasteiger partial charge in [-0.3, -0.25) is 4.79 Å². The number of para-hydroxylation sites is 2. The minimum Gasteiger partial charge on any atom is -0.493 e. The van der Waals surface area contributed by atoms with Crippen LogP contribution in [-0.4, -0.2) is 35.7 Å². The fraction of sp³-hybridized carbons (Fsp3) is 0.267. The second-order valence-electron chi connectivity index (χ2n) is 8.65. The minimum atomic E-state index is -0.123. The number of aryl methyl sites for hydroxylation is 2. The molecule has 1 heterocycles. The van der Waals surface area contributed by atoms with E-state index in [4.69, 9.17) is 26.1 Å². The summed E-state index contributed by atoms with van der Waals surface area (Å²) in [6, 6.07) is 21.1. The first-order chi connectivity index (χ1) is 18.1. The second-order valence-corrected chi connectivity index (χ2v) is 9.09. The molecule has 0 aliphatic rings. The van der Waals surface area contributed by atoms with Crippen molar-refractivity contribution in [2.45, 2.75) is 32.7 Å². The van der Waals surface area contributed by atoms with Gasteiger partial charge in [0.2, 0.25) is 0 Å². The molecule has 0 radical (unpaired) electrons. The van der Waals surface area contributed by atoms with Gasteiger partial charge in [-0.05, 0) is 67.8 Å². The molecule has 6 nitrogen and oxygen atoms in total. The maximum atomic E-state index is 12.4. The van der Waals surface area contributed by atoms with Crippen LogP contribution >= 0.6 is 11.6 Å². The third-order valence-electron chi connectivity index (χ3n) is 6.01. The predicted molar refractivity (Wildman–Crippen MR) is 150 cm³/mol. The van der Waals surface area contributed by atoms with Gasteiger partial charge in [0.25, 0.3) is 5.91 Å². The van der Waals surface area contributed by atoms with Gasteiger partial charge in [-0.15, -0.1) is 0 Å². The molecule has 0 fully saturated rings. The summed E-state index contributed by atoms with van der Waals surface area (Å²) in [6.07, 6.45) is 6.38. The molecular formula is C30H32ClN3O3. The molecule has 0 spiro atoms. The number of nitrogens with zero attached hydrogens (tertiary/aromatic N) is 2. The molecular weight excluding hydrogens is 486 g/mol. The van der Waals surface area contributed by atoms with Gasteiger partial charge in [0.05, 0.1) is 24.8 Å². The molecule has 0 saturated carbocycles. The van der Waals surface area contributed by atoms with Crippen LogP contribution in [0.1, 0.15) is 41.5 Å². The number of aromatic nitrogens is 2. The molecule has 3 aromatic carbocycles. The summed E-state index contributed by atoms with van der Waals surface area (Å²) in [7, 11) is 1.66. The Morgan fingerprint density at radius 3 is 2.73 bits per heavy atom. The van der Waals surface area contributed by atoms with Crippen molar-refractivity contribution in [3.05, 3.63) is 94.8 Å². The highest BCUT2D eigenvalue weighted by Crippen LogP contribution is 2.29. The van der Waals surface area contributed by atoms with E-state index in [0.717, 1.165) is 59.7 Å². The monoisotopic (exact) mass is 517 g/mol. The van der Waals surface area contributed by atoms with Crippen LogP contribution in [-0.2, 0) is 13.0 Å². The summed E-state index contributed by atoms with van der Waals surface area (Å²) in [4.78, 5) is 17.2.